The zero-order valence-corrected chi connectivity index (χ0v) is 12.7. The number of halogens is 2. The second-order valence-corrected chi connectivity index (χ2v) is 6.36. The van der Waals surface area contributed by atoms with E-state index in [2.05, 4.69) is 5.32 Å². The van der Waals surface area contributed by atoms with Gasteiger partial charge in [0, 0.05) is 42.2 Å². The lowest BCUT2D eigenvalue weighted by Gasteiger charge is -2.32. The molecule has 0 unspecified atom stereocenters. The lowest BCUT2D eigenvalue weighted by Crippen LogP contribution is -2.45. The Morgan fingerprint density at radius 2 is 2.00 bits per heavy atom. The van der Waals surface area contributed by atoms with Crippen LogP contribution in [-0.4, -0.2) is 29.9 Å². The highest BCUT2D eigenvalue weighted by atomic mass is 35.5. The van der Waals surface area contributed by atoms with Crippen molar-refractivity contribution in [1.82, 2.24) is 10.2 Å². The summed E-state index contributed by atoms with van der Waals surface area (Å²) in [4.78, 5) is 14.0. The zero-order valence-electron chi connectivity index (χ0n) is 11.9. The van der Waals surface area contributed by atoms with Gasteiger partial charge in [0.25, 0.3) is 0 Å². The fraction of sp³-hybridized carbons (Fsp3) is 0.562. The minimum Gasteiger partial charge on any atom is -0.342 e. The molecule has 1 aliphatic carbocycles. The first-order chi connectivity index (χ1) is 10.1. The zero-order chi connectivity index (χ0) is 14.8. The lowest BCUT2D eigenvalue weighted by atomic mass is 10.0. The van der Waals surface area contributed by atoms with Gasteiger partial charge in [0.2, 0.25) is 5.91 Å². The fourth-order valence-corrected chi connectivity index (χ4v) is 3.07. The second kappa shape index (κ2) is 6.32. The fourth-order valence-electron chi connectivity index (χ4n) is 2.84. The number of piperidine rings is 1. The monoisotopic (exact) mass is 310 g/mol. The number of rotatable bonds is 4. The van der Waals surface area contributed by atoms with Crippen LogP contribution in [0.15, 0.2) is 18.2 Å². The maximum Gasteiger partial charge on any atom is 0.225 e. The summed E-state index contributed by atoms with van der Waals surface area (Å²) in [6.45, 7) is 2.04. The predicted molar refractivity (Wildman–Crippen MR) is 80.6 cm³/mol. The molecule has 1 amide bonds. The quantitative estimate of drug-likeness (QED) is 0.927. The van der Waals surface area contributed by atoms with E-state index >= 15 is 0 Å². The van der Waals surface area contributed by atoms with Crippen molar-refractivity contribution in [3.63, 3.8) is 0 Å². The van der Waals surface area contributed by atoms with Crippen LogP contribution in [0.1, 0.15) is 31.2 Å². The summed E-state index contributed by atoms with van der Waals surface area (Å²) in [6.07, 6.45) is 3.96. The van der Waals surface area contributed by atoms with E-state index in [0.29, 0.717) is 35.0 Å². The van der Waals surface area contributed by atoms with Crippen LogP contribution in [0.25, 0.3) is 0 Å². The molecular weight excluding hydrogens is 291 g/mol. The summed E-state index contributed by atoms with van der Waals surface area (Å²) in [7, 11) is 0. The van der Waals surface area contributed by atoms with Crippen molar-refractivity contribution >= 4 is 17.5 Å². The molecule has 5 heteroatoms. The Kier molecular flexibility index (Phi) is 4.45. The number of hydrogen-bond acceptors (Lipinski definition) is 2. The minimum atomic E-state index is -0.267. The number of hydrogen-bond donors (Lipinski definition) is 1. The molecule has 1 saturated heterocycles. The normalized spacial score (nSPS) is 19.8. The minimum absolute atomic E-state index is 0.267. The first kappa shape index (κ1) is 14.8. The summed E-state index contributed by atoms with van der Waals surface area (Å²) in [5, 5.41) is 3.82. The Morgan fingerprint density at radius 3 is 2.62 bits per heavy atom. The molecular formula is C16H20ClFN2O. The van der Waals surface area contributed by atoms with Crippen LogP contribution < -0.4 is 5.32 Å². The Hall–Kier alpha value is -1.13. The average molecular weight is 311 g/mol. The number of carbonyl (C=O) groups excluding carboxylic acids is 1. The third kappa shape index (κ3) is 3.55. The van der Waals surface area contributed by atoms with Crippen LogP contribution in [0.3, 0.4) is 0 Å². The van der Waals surface area contributed by atoms with Gasteiger partial charge in [-0.1, -0.05) is 17.7 Å². The average Bonchev–Trinajstić information content (AvgIpc) is 3.31. The molecule has 21 heavy (non-hydrogen) atoms. The molecule has 1 N–H and O–H groups in total. The Bertz CT molecular complexity index is 505. The van der Waals surface area contributed by atoms with Crippen LogP contribution in [0.5, 0.6) is 0 Å². The van der Waals surface area contributed by atoms with Crippen LogP contribution in [-0.2, 0) is 11.3 Å². The highest BCUT2D eigenvalue weighted by Gasteiger charge is 2.34. The van der Waals surface area contributed by atoms with Crippen LogP contribution in [0.2, 0.25) is 5.02 Å². The van der Waals surface area contributed by atoms with Gasteiger partial charge in [-0.05, 0) is 37.8 Å². The highest BCUT2D eigenvalue weighted by Crippen LogP contribution is 2.32. The molecule has 1 saturated carbocycles. The molecule has 2 fully saturated rings. The molecule has 0 radical (unpaired) electrons. The number of amides is 1. The smallest absolute Gasteiger partial charge is 0.225 e. The predicted octanol–water partition coefficient (Wildman–Crippen LogP) is 2.97. The molecule has 1 aliphatic heterocycles. The molecule has 114 valence electrons. The molecule has 3 nitrogen and oxygen atoms in total. The van der Waals surface area contributed by atoms with E-state index in [4.69, 9.17) is 11.6 Å². The summed E-state index contributed by atoms with van der Waals surface area (Å²) in [6, 6.07) is 5.07. The summed E-state index contributed by atoms with van der Waals surface area (Å²) in [5.41, 5.74) is 0.524. The van der Waals surface area contributed by atoms with Gasteiger partial charge >= 0.3 is 0 Å². The summed E-state index contributed by atoms with van der Waals surface area (Å²) >= 11 is 6.02. The molecule has 0 bridgehead atoms. The molecule has 0 aromatic heterocycles. The van der Waals surface area contributed by atoms with Gasteiger partial charge in [0.05, 0.1) is 0 Å². The second-order valence-electron chi connectivity index (χ2n) is 5.95. The van der Waals surface area contributed by atoms with Crippen LogP contribution in [0, 0.1) is 11.7 Å². The van der Waals surface area contributed by atoms with Crippen molar-refractivity contribution in [2.24, 2.45) is 5.92 Å². The van der Waals surface area contributed by atoms with Gasteiger partial charge < -0.3 is 10.2 Å². The van der Waals surface area contributed by atoms with Crippen molar-refractivity contribution in [3.8, 4) is 0 Å². The summed E-state index contributed by atoms with van der Waals surface area (Å²) in [5.74, 6) is 0.355. The number of benzene rings is 1. The van der Waals surface area contributed by atoms with Crippen molar-refractivity contribution in [2.45, 2.75) is 38.3 Å². The lowest BCUT2D eigenvalue weighted by molar-refractivity contribution is -0.133. The number of nitrogens with one attached hydrogen (secondary N) is 1. The number of likely N-dealkylation sites (tertiary alicyclic amines) is 1. The molecule has 0 spiro atoms. The third-order valence-corrected chi connectivity index (χ3v) is 4.72. The largest absolute Gasteiger partial charge is 0.342 e. The standard InChI is InChI=1S/C16H20ClFN2O/c17-14-2-1-3-15(18)13(14)10-19-12-6-8-20(9-7-12)16(21)11-4-5-11/h1-3,11-12,19H,4-10H2. The highest BCUT2D eigenvalue weighted by molar-refractivity contribution is 6.31. The maximum atomic E-state index is 13.7. The van der Waals surface area contributed by atoms with E-state index < -0.39 is 0 Å². The van der Waals surface area contributed by atoms with Crippen molar-refractivity contribution in [2.75, 3.05) is 13.1 Å². The van der Waals surface area contributed by atoms with E-state index in [-0.39, 0.29) is 5.82 Å². The van der Waals surface area contributed by atoms with E-state index in [9.17, 15) is 9.18 Å². The first-order valence-electron chi connectivity index (χ1n) is 7.60. The van der Waals surface area contributed by atoms with Crippen molar-refractivity contribution < 1.29 is 9.18 Å². The Morgan fingerprint density at radius 1 is 1.29 bits per heavy atom. The van der Waals surface area contributed by atoms with E-state index in [0.717, 1.165) is 38.8 Å². The molecule has 2 aliphatic rings. The van der Waals surface area contributed by atoms with Gasteiger partial charge in [-0.2, -0.15) is 0 Å². The molecule has 1 aromatic rings. The topological polar surface area (TPSA) is 32.3 Å². The van der Waals surface area contributed by atoms with Gasteiger partial charge in [-0.15, -0.1) is 0 Å². The molecule has 3 rings (SSSR count). The van der Waals surface area contributed by atoms with Crippen molar-refractivity contribution in [3.05, 3.63) is 34.6 Å². The summed E-state index contributed by atoms with van der Waals surface area (Å²) < 4.78 is 13.7. The number of nitrogens with zero attached hydrogens (tertiary/aromatic N) is 1. The maximum absolute atomic E-state index is 13.7. The van der Waals surface area contributed by atoms with Gasteiger partial charge in [0.1, 0.15) is 5.82 Å². The van der Waals surface area contributed by atoms with E-state index in [1.54, 1.807) is 12.1 Å². The third-order valence-electron chi connectivity index (χ3n) is 4.36. The van der Waals surface area contributed by atoms with E-state index in [1.165, 1.54) is 6.07 Å². The molecule has 0 atom stereocenters. The molecule has 1 aromatic carbocycles. The van der Waals surface area contributed by atoms with Crippen LogP contribution >= 0.6 is 11.6 Å². The van der Waals surface area contributed by atoms with E-state index in [1.807, 2.05) is 4.90 Å². The molecule has 1 heterocycles. The first-order valence-corrected chi connectivity index (χ1v) is 7.98. The van der Waals surface area contributed by atoms with Crippen molar-refractivity contribution in [1.29, 1.82) is 0 Å². The Labute approximate surface area is 129 Å². The van der Waals surface area contributed by atoms with Gasteiger partial charge in [-0.25, -0.2) is 4.39 Å². The van der Waals surface area contributed by atoms with Crippen LogP contribution in [0.4, 0.5) is 4.39 Å². The SMILES string of the molecule is O=C(C1CC1)N1CCC(NCc2c(F)cccc2Cl)CC1. The number of carbonyl (C=O) groups is 1. The van der Waals surface area contributed by atoms with Gasteiger partial charge in [0.15, 0.2) is 0 Å². The Balaban J connectivity index is 1.48. The van der Waals surface area contributed by atoms with Gasteiger partial charge in [-0.3, -0.25) is 4.79 Å².